The topological polar surface area (TPSA) is 54.7 Å². The summed E-state index contributed by atoms with van der Waals surface area (Å²) in [6.45, 7) is 6.25. The highest BCUT2D eigenvalue weighted by molar-refractivity contribution is 5.76. The molecule has 1 aromatic heterocycles. The quantitative estimate of drug-likeness (QED) is 0.817. The van der Waals surface area contributed by atoms with Gasteiger partial charge >= 0.3 is 0 Å². The number of imidazole rings is 1. The first-order valence-corrected chi connectivity index (χ1v) is 5.30. The van der Waals surface area contributed by atoms with Gasteiger partial charge in [0.2, 0.25) is 0 Å². The van der Waals surface area contributed by atoms with Gasteiger partial charge in [-0.15, -0.1) is 0 Å². The van der Waals surface area contributed by atoms with Crippen LogP contribution in [0, 0.1) is 12.7 Å². The van der Waals surface area contributed by atoms with Gasteiger partial charge < -0.3 is 10.7 Å². The Balaban J connectivity index is 2.61. The standard InChI is InChI=1S/C12H16FN3/c1-7-4-9-10(5-8(7)13)16-11(15-9)12(2,3)6-14/h4-5H,6,14H2,1-3H3,(H,15,16). The molecule has 0 aliphatic heterocycles. The number of H-pyrrole nitrogens is 1. The van der Waals surface area contributed by atoms with Crippen molar-refractivity contribution in [1.82, 2.24) is 9.97 Å². The van der Waals surface area contributed by atoms with Crippen molar-refractivity contribution in [2.45, 2.75) is 26.2 Å². The van der Waals surface area contributed by atoms with Gasteiger partial charge in [0.05, 0.1) is 11.0 Å². The summed E-state index contributed by atoms with van der Waals surface area (Å²) < 4.78 is 13.4. The Morgan fingerprint density at radius 3 is 2.75 bits per heavy atom. The maximum atomic E-state index is 13.4. The van der Waals surface area contributed by atoms with E-state index in [4.69, 9.17) is 5.73 Å². The molecule has 4 heteroatoms. The molecule has 86 valence electrons. The van der Waals surface area contributed by atoms with Crippen LogP contribution >= 0.6 is 0 Å². The molecule has 2 aromatic rings. The number of hydrogen-bond acceptors (Lipinski definition) is 2. The van der Waals surface area contributed by atoms with Crippen LogP contribution in [0.2, 0.25) is 0 Å². The van der Waals surface area contributed by atoms with Crippen molar-refractivity contribution in [2.75, 3.05) is 6.54 Å². The van der Waals surface area contributed by atoms with Crippen molar-refractivity contribution < 1.29 is 4.39 Å². The fourth-order valence-corrected chi connectivity index (χ4v) is 1.56. The molecule has 0 saturated heterocycles. The summed E-state index contributed by atoms with van der Waals surface area (Å²) in [5.74, 6) is 0.575. The number of rotatable bonds is 2. The molecule has 0 unspecified atom stereocenters. The summed E-state index contributed by atoms with van der Waals surface area (Å²) in [6, 6.07) is 3.23. The minimum absolute atomic E-state index is 0.219. The third-order valence-corrected chi connectivity index (χ3v) is 2.91. The highest BCUT2D eigenvalue weighted by Gasteiger charge is 2.22. The number of benzene rings is 1. The van der Waals surface area contributed by atoms with Crippen LogP contribution in [0.3, 0.4) is 0 Å². The number of aromatic nitrogens is 2. The predicted octanol–water partition coefficient (Wildman–Crippen LogP) is 2.25. The lowest BCUT2D eigenvalue weighted by Crippen LogP contribution is -2.29. The lowest BCUT2D eigenvalue weighted by Gasteiger charge is -2.18. The van der Waals surface area contributed by atoms with Crippen molar-refractivity contribution in [1.29, 1.82) is 0 Å². The van der Waals surface area contributed by atoms with E-state index in [1.54, 1.807) is 13.0 Å². The second-order valence-electron chi connectivity index (χ2n) is 4.79. The van der Waals surface area contributed by atoms with E-state index in [1.165, 1.54) is 6.07 Å². The summed E-state index contributed by atoms with van der Waals surface area (Å²) in [4.78, 5) is 7.58. The normalized spacial score (nSPS) is 12.3. The van der Waals surface area contributed by atoms with E-state index in [-0.39, 0.29) is 11.2 Å². The van der Waals surface area contributed by atoms with Gasteiger partial charge in [0.1, 0.15) is 11.6 Å². The van der Waals surface area contributed by atoms with Gasteiger partial charge in [0.25, 0.3) is 0 Å². The molecule has 1 heterocycles. The van der Waals surface area contributed by atoms with Crippen LogP contribution < -0.4 is 5.73 Å². The Kier molecular flexibility index (Phi) is 2.46. The number of fused-ring (bicyclic) bond motifs is 1. The van der Waals surface area contributed by atoms with Gasteiger partial charge in [-0.1, -0.05) is 13.8 Å². The largest absolute Gasteiger partial charge is 0.341 e. The number of nitrogens with one attached hydrogen (secondary N) is 1. The molecule has 0 fully saturated rings. The maximum absolute atomic E-state index is 13.4. The Bertz CT molecular complexity index is 489. The summed E-state index contributed by atoms with van der Waals surface area (Å²) in [6.07, 6.45) is 0. The second-order valence-corrected chi connectivity index (χ2v) is 4.79. The first kappa shape index (κ1) is 11.1. The molecule has 1 aromatic carbocycles. The monoisotopic (exact) mass is 221 g/mol. The zero-order chi connectivity index (χ0) is 11.9. The predicted molar refractivity (Wildman–Crippen MR) is 62.9 cm³/mol. The molecule has 0 amide bonds. The number of aromatic amines is 1. The van der Waals surface area contributed by atoms with Gasteiger partial charge in [-0.3, -0.25) is 0 Å². The lowest BCUT2D eigenvalue weighted by molar-refractivity contribution is 0.509. The van der Waals surface area contributed by atoms with Crippen LogP contribution in [0.1, 0.15) is 25.2 Å². The van der Waals surface area contributed by atoms with Crippen molar-refractivity contribution in [2.24, 2.45) is 5.73 Å². The van der Waals surface area contributed by atoms with Crippen molar-refractivity contribution in [3.8, 4) is 0 Å². The van der Waals surface area contributed by atoms with Crippen molar-refractivity contribution in [3.63, 3.8) is 0 Å². The molecule has 16 heavy (non-hydrogen) atoms. The van der Waals surface area contributed by atoms with E-state index >= 15 is 0 Å². The fraction of sp³-hybridized carbons (Fsp3) is 0.417. The number of aryl methyl sites for hydroxylation is 1. The Hall–Kier alpha value is -1.42. The maximum Gasteiger partial charge on any atom is 0.128 e. The van der Waals surface area contributed by atoms with Crippen LogP contribution in [0.15, 0.2) is 12.1 Å². The van der Waals surface area contributed by atoms with E-state index in [9.17, 15) is 4.39 Å². The molecular formula is C12H16FN3. The minimum atomic E-state index is -0.226. The van der Waals surface area contributed by atoms with Gasteiger partial charge in [-0.2, -0.15) is 0 Å². The van der Waals surface area contributed by atoms with Crippen molar-refractivity contribution >= 4 is 11.0 Å². The molecule has 0 aliphatic rings. The van der Waals surface area contributed by atoms with Gasteiger partial charge in [0.15, 0.2) is 0 Å². The summed E-state index contributed by atoms with van der Waals surface area (Å²) in [7, 11) is 0. The molecule has 2 rings (SSSR count). The lowest BCUT2D eigenvalue weighted by atomic mass is 9.93. The van der Waals surface area contributed by atoms with E-state index in [0.717, 1.165) is 11.3 Å². The third kappa shape index (κ3) is 1.69. The zero-order valence-electron chi connectivity index (χ0n) is 9.76. The van der Waals surface area contributed by atoms with Crippen molar-refractivity contribution in [3.05, 3.63) is 29.3 Å². The Labute approximate surface area is 93.9 Å². The second kappa shape index (κ2) is 3.56. The molecule has 0 spiro atoms. The number of halogens is 1. The number of nitrogens with two attached hydrogens (primary N) is 1. The third-order valence-electron chi connectivity index (χ3n) is 2.91. The van der Waals surface area contributed by atoms with E-state index in [0.29, 0.717) is 17.6 Å². The highest BCUT2D eigenvalue weighted by Crippen LogP contribution is 2.23. The molecule has 3 N–H and O–H groups in total. The van der Waals surface area contributed by atoms with E-state index < -0.39 is 0 Å². The van der Waals surface area contributed by atoms with Crippen LogP contribution in [0.5, 0.6) is 0 Å². The molecule has 0 aliphatic carbocycles. The summed E-state index contributed by atoms with van der Waals surface area (Å²) in [5, 5.41) is 0. The van der Waals surface area contributed by atoms with Gasteiger partial charge in [-0.25, -0.2) is 9.37 Å². The SMILES string of the molecule is Cc1cc2[nH]c(C(C)(C)CN)nc2cc1F. The first-order valence-electron chi connectivity index (χ1n) is 5.30. The fourth-order valence-electron chi connectivity index (χ4n) is 1.56. The van der Waals surface area contributed by atoms with Crippen LogP contribution in [0.4, 0.5) is 4.39 Å². The van der Waals surface area contributed by atoms with Crippen LogP contribution in [0.25, 0.3) is 11.0 Å². The zero-order valence-corrected chi connectivity index (χ0v) is 9.76. The first-order chi connectivity index (χ1) is 7.44. The number of nitrogens with zero attached hydrogens (tertiary/aromatic N) is 1. The van der Waals surface area contributed by atoms with E-state index in [1.807, 2.05) is 13.8 Å². The van der Waals surface area contributed by atoms with E-state index in [2.05, 4.69) is 9.97 Å². The molecule has 0 atom stereocenters. The van der Waals surface area contributed by atoms with Crippen LogP contribution in [-0.4, -0.2) is 16.5 Å². The molecule has 3 nitrogen and oxygen atoms in total. The Morgan fingerprint density at radius 1 is 1.44 bits per heavy atom. The molecule has 0 saturated carbocycles. The van der Waals surface area contributed by atoms with Gasteiger partial charge in [-0.05, 0) is 18.6 Å². The Morgan fingerprint density at radius 2 is 2.12 bits per heavy atom. The molecule has 0 bridgehead atoms. The van der Waals surface area contributed by atoms with Gasteiger partial charge in [0, 0.05) is 18.0 Å². The highest BCUT2D eigenvalue weighted by atomic mass is 19.1. The summed E-state index contributed by atoms with van der Waals surface area (Å²) >= 11 is 0. The molecule has 0 radical (unpaired) electrons. The smallest absolute Gasteiger partial charge is 0.128 e. The number of hydrogen-bond donors (Lipinski definition) is 2. The van der Waals surface area contributed by atoms with Crippen LogP contribution in [-0.2, 0) is 5.41 Å². The summed E-state index contributed by atoms with van der Waals surface area (Å²) in [5.41, 5.74) is 7.60. The minimum Gasteiger partial charge on any atom is -0.341 e. The average Bonchev–Trinajstić information content (AvgIpc) is 2.62. The average molecular weight is 221 g/mol. The molecular weight excluding hydrogens is 205 g/mol.